The number of hydrogen-bond acceptors (Lipinski definition) is 6. The van der Waals surface area contributed by atoms with Crippen molar-refractivity contribution in [3.05, 3.63) is 102 Å². The molecule has 3 aromatic rings. The van der Waals surface area contributed by atoms with Gasteiger partial charge >= 0.3 is 6.09 Å². The van der Waals surface area contributed by atoms with Gasteiger partial charge in [0.25, 0.3) is 5.91 Å². The largest absolute Gasteiger partial charge is 0.505 e. The zero-order valence-electron chi connectivity index (χ0n) is 20.2. The number of allylic oxidation sites excluding steroid dienone is 1. The van der Waals surface area contributed by atoms with Crippen LogP contribution >= 0.6 is 0 Å². The number of imide groups is 1. The van der Waals surface area contributed by atoms with Gasteiger partial charge in [-0.05, 0) is 66.8 Å². The minimum Gasteiger partial charge on any atom is -0.505 e. The normalized spacial score (nSPS) is 12.5. The minimum atomic E-state index is -0.991. The number of phenolic OH excluding ortho intramolecular Hbond substituents is 1. The molecule has 192 valence electrons. The van der Waals surface area contributed by atoms with Gasteiger partial charge in [-0.15, -0.1) is 0 Å². The van der Waals surface area contributed by atoms with Gasteiger partial charge in [0.1, 0.15) is 6.10 Å². The van der Waals surface area contributed by atoms with Crippen LogP contribution in [0.4, 0.5) is 20.6 Å². The molecule has 2 atom stereocenters. The fourth-order valence-corrected chi connectivity index (χ4v) is 3.60. The smallest absolute Gasteiger partial charge is 0.414 e. The Morgan fingerprint density at radius 2 is 1.76 bits per heavy atom. The number of hydrogen-bond donors (Lipinski definition) is 4. The van der Waals surface area contributed by atoms with Crippen molar-refractivity contribution in [3.8, 4) is 5.75 Å². The summed E-state index contributed by atoms with van der Waals surface area (Å²) in [5.41, 5.74) is 7.37. The highest BCUT2D eigenvalue weighted by Gasteiger charge is 2.25. The summed E-state index contributed by atoms with van der Waals surface area (Å²) in [5.74, 6) is -2.72. The Hall–Kier alpha value is -4.66. The molecule has 0 unspecified atom stereocenters. The molecule has 3 aromatic carbocycles. The lowest BCUT2D eigenvalue weighted by molar-refractivity contribution is -0.111. The van der Waals surface area contributed by atoms with Gasteiger partial charge in [-0.3, -0.25) is 14.9 Å². The van der Waals surface area contributed by atoms with Gasteiger partial charge in [-0.2, -0.15) is 0 Å². The summed E-state index contributed by atoms with van der Waals surface area (Å²) in [4.78, 5) is 37.0. The number of aromatic hydroxyl groups is 1. The Kier molecular flexibility index (Phi) is 9.37. The third-order valence-electron chi connectivity index (χ3n) is 5.58. The van der Waals surface area contributed by atoms with Crippen LogP contribution in [-0.4, -0.2) is 23.0 Å². The number of nitrogens with one attached hydrogen (secondary N) is 2. The molecule has 5 N–H and O–H groups in total. The van der Waals surface area contributed by atoms with Crippen LogP contribution in [0, 0.1) is 11.7 Å². The summed E-state index contributed by atoms with van der Waals surface area (Å²) in [7, 11) is 0. The van der Waals surface area contributed by atoms with Crippen molar-refractivity contribution in [3.63, 3.8) is 0 Å². The fourth-order valence-electron chi connectivity index (χ4n) is 3.60. The molecule has 0 heterocycles. The van der Waals surface area contributed by atoms with E-state index in [1.165, 1.54) is 18.2 Å². The van der Waals surface area contributed by atoms with E-state index in [1.807, 2.05) is 0 Å². The first-order valence-electron chi connectivity index (χ1n) is 11.6. The molecule has 3 amide bonds. The highest BCUT2D eigenvalue weighted by atomic mass is 19.1. The maximum Gasteiger partial charge on any atom is 0.414 e. The molecule has 0 bridgehead atoms. The van der Waals surface area contributed by atoms with Crippen LogP contribution < -0.4 is 16.4 Å². The molecule has 0 aliphatic heterocycles. The van der Waals surface area contributed by atoms with E-state index >= 15 is 0 Å². The van der Waals surface area contributed by atoms with E-state index in [0.717, 1.165) is 6.07 Å². The van der Waals surface area contributed by atoms with Crippen LogP contribution in [0.15, 0.2) is 84.9 Å². The van der Waals surface area contributed by atoms with Crippen molar-refractivity contribution >= 4 is 29.3 Å². The zero-order valence-corrected chi connectivity index (χ0v) is 20.2. The maximum atomic E-state index is 14.0. The number of alkyl carbamates (subject to hydrolysis) is 1. The average Bonchev–Trinajstić information content (AvgIpc) is 2.88. The van der Waals surface area contributed by atoms with E-state index in [9.17, 15) is 23.9 Å². The lowest BCUT2D eigenvalue weighted by atomic mass is 9.93. The third-order valence-corrected chi connectivity index (χ3v) is 5.58. The number of carbonyl (C=O) groups excluding carboxylic acids is 3. The van der Waals surface area contributed by atoms with Crippen LogP contribution in [0.3, 0.4) is 0 Å². The molecule has 0 aliphatic carbocycles. The first kappa shape index (κ1) is 26.9. The summed E-state index contributed by atoms with van der Waals surface area (Å²) >= 11 is 0. The number of halogens is 1. The lowest BCUT2D eigenvalue weighted by Crippen LogP contribution is -2.33. The number of para-hydroxylation sites is 2. The predicted molar refractivity (Wildman–Crippen MR) is 138 cm³/mol. The summed E-state index contributed by atoms with van der Waals surface area (Å²) in [5, 5.41) is 14.4. The molecule has 0 aliphatic rings. The summed E-state index contributed by atoms with van der Waals surface area (Å²) in [6.45, 7) is 1.79. The molecule has 0 radical (unpaired) electrons. The van der Waals surface area contributed by atoms with E-state index in [0.29, 0.717) is 29.8 Å². The molecular weight excluding hydrogens is 477 g/mol. The number of rotatable bonds is 9. The summed E-state index contributed by atoms with van der Waals surface area (Å²) < 4.78 is 19.6. The maximum absolute atomic E-state index is 14.0. The van der Waals surface area contributed by atoms with Gasteiger partial charge < -0.3 is 20.9 Å². The second-order valence-corrected chi connectivity index (χ2v) is 8.39. The van der Waals surface area contributed by atoms with Crippen molar-refractivity contribution in [2.75, 3.05) is 11.1 Å². The van der Waals surface area contributed by atoms with Gasteiger partial charge in [-0.25, -0.2) is 9.18 Å². The third kappa shape index (κ3) is 7.93. The van der Waals surface area contributed by atoms with Gasteiger partial charge in [0.15, 0.2) is 11.6 Å². The van der Waals surface area contributed by atoms with Gasteiger partial charge in [0.05, 0.1) is 11.4 Å². The molecule has 0 aromatic heterocycles. The number of phenols is 1. The molecule has 37 heavy (non-hydrogen) atoms. The van der Waals surface area contributed by atoms with Crippen LogP contribution in [0.25, 0.3) is 0 Å². The van der Waals surface area contributed by atoms with Crippen molar-refractivity contribution in [2.45, 2.75) is 25.9 Å². The Morgan fingerprint density at radius 1 is 1.05 bits per heavy atom. The van der Waals surface area contributed by atoms with Crippen LogP contribution in [0.5, 0.6) is 5.75 Å². The number of ether oxygens (including phenoxy) is 1. The van der Waals surface area contributed by atoms with Gasteiger partial charge in [0.2, 0.25) is 5.91 Å². The van der Waals surface area contributed by atoms with Gasteiger partial charge in [-0.1, -0.05) is 49.4 Å². The Labute approximate surface area is 214 Å². The van der Waals surface area contributed by atoms with Crippen LogP contribution in [-0.2, 0) is 9.53 Å². The molecular formula is C28H28FN3O5. The van der Waals surface area contributed by atoms with Crippen molar-refractivity contribution < 1.29 is 28.6 Å². The van der Waals surface area contributed by atoms with Crippen molar-refractivity contribution in [1.29, 1.82) is 0 Å². The summed E-state index contributed by atoms with van der Waals surface area (Å²) in [6.07, 6.45) is 2.03. The quantitative estimate of drug-likeness (QED) is 0.230. The van der Waals surface area contributed by atoms with Crippen LogP contribution in [0.1, 0.15) is 41.8 Å². The molecule has 0 saturated heterocycles. The number of amides is 3. The molecule has 0 fully saturated rings. The summed E-state index contributed by atoms with van der Waals surface area (Å²) in [6, 6.07) is 18.7. The molecule has 0 saturated carbocycles. The van der Waals surface area contributed by atoms with Crippen LogP contribution in [0.2, 0.25) is 0 Å². The standard InChI is InChI=1S/C28H28FN3O5/c1-18(9-5-8-14-25(34)31-23-13-7-6-12-22(23)30)26(20-15-16-24(33)21(29)17-20)37-28(36)32-27(35)19-10-3-2-4-11-19/h2-4,6-8,10-18,26,33H,5,9,30H2,1H3,(H,31,34)(H,32,35,36)/b14-8+/t18-,26+/m0/s1. The first-order valence-corrected chi connectivity index (χ1v) is 11.6. The van der Waals surface area contributed by atoms with E-state index in [1.54, 1.807) is 67.6 Å². The first-order chi connectivity index (χ1) is 17.7. The predicted octanol–water partition coefficient (Wildman–Crippen LogP) is 5.33. The van der Waals surface area contributed by atoms with E-state index in [-0.39, 0.29) is 17.4 Å². The second-order valence-electron chi connectivity index (χ2n) is 8.39. The van der Waals surface area contributed by atoms with Crippen molar-refractivity contribution in [1.82, 2.24) is 5.32 Å². The number of benzene rings is 3. The van der Waals surface area contributed by atoms with Crippen molar-refractivity contribution in [2.24, 2.45) is 5.92 Å². The zero-order chi connectivity index (χ0) is 26.8. The number of carbonyl (C=O) groups is 3. The minimum absolute atomic E-state index is 0.278. The van der Waals surface area contributed by atoms with E-state index < -0.39 is 29.7 Å². The number of nitrogen functional groups attached to an aromatic ring is 1. The monoisotopic (exact) mass is 505 g/mol. The second kappa shape index (κ2) is 12.9. The topological polar surface area (TPSA) is 131 Å². The Morgan fingerprint density at radius 3 is 2.46 bits per heavy atom. The van der Waals surface area contributed by atoms with E-state index in [4.69, 9.17) is 10.5 Å². The number of nitrogens with two attached hydrogens (primary N) is 1. The highest BCUT2D eigenvalue weighted by Crippen LogP contribution is 2.32. The van der Waals surface area contributed by atoms with E-state index in [2.05, 4.69) is 10.6 Å². The SMILES string of the molecule is C[C@@H](CC/C=C/C(=O)Nc1ccccc1N)[C@@H](OC(=O)NC(=O)c1ccccc1)c1ccc(O)c(F)c1. The van der Waals surface area contributed by atoms with Gasteiger partial charge in [0, 0.05) is 5.56 Å². The fraction of sp³-hybridized carbons (Fsp3) is 0.179. The molecule has 0 spiro atoms. The molecule has 8 nitrogen and oxygen atoms in total. The highest BCUT2D eigenvalue weighted by molar-refractivity contribution is 6.03. The average molecular weight is 506 g/mol. The molecule has 9 heteroatoms. The lowest BCUT2D eigenvalue weighted by Gasteiger charge is -2.24. The Balaban J connectivity index is 1.63. The Bertz CT molecular complexity index is 1280. The number of anilines is 2. The molecule has 3 rings (SSSR count).